The van der Waals surface area contributed by atoms with E-state index in [1.54, 1.807) is 13.3 Å². The summed E-state index contributed by atoms with van der Waals surface area (Å²) < 4.78 is 5.16. The number of nitrogens with zero attached hydrogens (tertiary/aromatic N) is 3. The number of hydrogen-bond acceptors (Lipinski definition) is 5. The normalized spacial score (nSPS) is 17.2. The molecule has 1 N–H and O–H groups in total. The maximum Gasteiger partial charge on any atom is 0.224 e. The summed E-state index contributed by atoms with van der Waals surface area (Å²) in [5.41, 5.74) is 2.11. The van der Waals surface area contributed by atoms with Crippen LogP contribution in [0.1, 0.15) is 17.7 Å². The van der Waals surface area contributed by atoms with Crippen LogP contribution in [0, 0.1) is 6.92 Å². The number of rotatable bonds is 6. The molecule has 1 aromatic carbocycles. The minimum absolute atomic E-state index is 0.0650. The van der Waals surface area contributed by atoms with Gasteiger partial charge in [-0.2, -0.15) is 0 Å². The van der Waals surface area contributed by atoms with Gasteiger partial charge in [-0.3, -0.25) is 4.79 Å². The molecular weight excluding hydrogens is 304 g/mol. The molecule has 1 aliphatic heterocycles. The van der Waals surface area contributed by atoms with Gasteiger partial charge in [-0.15, -0.1) is 0 Å². The Bertz CT molecular complexity index is 702. The Morgan fingerprint density at radius 3 is 2.79 bits per heavy atom. The fourth-order valence-electron chi connectivity index (χ4n) is 2.84. The largest absolute Gasteiger partial charge is 0.497 e. The van der Waals surface area contributed by atoms with E-state index in [4.69, 9.17) is 4.74 Å². The monoisotopic (exact) mass is 326 g/mol. The summed E-state index contributed by atoms with van der Waals surface area (Å²) in [4.78, 5) is 22.6. The van der Waals surface area contributed by atoms with Crippen molar-refractivity contribution in [1.29, 1.82) is 0 Å². The number of nitrogens with one attached hydrogen (secondary N) is 1. The van der Waals surface area contributed by atoms with Crippen LogP contribution in [-0.2, 0) is 11.2 Å². The SMILES string of the molecule is COc1ccc(CCN2CC(Nc3nccc(C)n3)CC2=O)cc1. The molecule has 0 saturated carbocycles. The number of ether oxygens (including phenoxy) is 1. The number of amides is 1. The Balaban J connectivity index is 1.52. The van der Waals surface area contributed by atoms with Gasteiger partial charge in [0.2, 0.25) is 11.9 Å². The lowest BCUT2D eigenvalue weighted by Crippen LogP contribution is -2.30. The summed E-state index contributed by atoms with van der Waals surface area (Å²) >= 11 is 0. The van der Waals surface area contributed by atoms with Crippen molar-refractivity contribution >= 4 is 11.9 Å². The lowest BCUT2D eigenvalue weighted by molar-refractivity contribution is -0.127. The molecule has 1 saturated heterocycles. The number of anilines is 1. The highest BCUT2D eigenvalue weighted by atomic mass is 16.5. The molecule has 3 rings (SSSR count). The first-order chi connectivity index (χ1) is 11.6. The van der Waals surface area contributed by atoms with Gasteiger partial charge in [-0.05, 0) is 37.1 Å². The molecule has 6 nitrogen and oxygen atoms in total. The van der Waals surface area contributed by atoms with Crippen molar-refractivity contribution in [1.82, 2.24) is 14.9 Å². The van der Waals surface area contributed by atoms with E-state index in [1.165, 1.54) is 5.56 Å². The van der Waals surface area contributed by atoms with Crippen molar-refractivity contribution < 1.29 is 9.53 Å². The first-order valence-corrected chi connectivity index (χ1v) is 8.11. The molecule has 0 radical (unpaired) electrons. The number of carbonyl (C=O) groups excluding carboxylic acids is 1. The molecular formula is C18H22N4O2. The zero-order valence-electron chi connectivity index (χ0n) is 14.0. The van der Waals surface area contributed by atoms with Crippen LogP contribution in [0.15, 0.2) is 36.5 Å². The minimum Gasteiger partial charge on any atom is -0.497 e. The smallest absolute Gasteiger partial charge is 0.224 e. The van der Waals surface area contributed by atoms with Crippen molar-refractivity contribution in [2.24, 2.45) is 0 Å². The van der Waals surface area contributed by atoms with Crippen molar-refractivity contribution in [2.75, 3.05) is 25.5 Å². The van der Waals surface area contributed by atoms with Crippen LogP contribution < -0.4 is 10.1 Å². The van der Waals surface area contributed by atoms with Crippen LogP contribution in [-0.4, -0.2) is 47.0 Å². The molecule has 0 aliphatic carbocycles. The zero-order chi connectivity index (χ0) is 16.9. The van der Waals surface area contributed by atoms with Crippen LogP contribution in [0.3, 0.4) is 0 Å². The molecule has 6 heteroatoms. The molecule has 24 heavy (non-hydrogen) atoms. The third-order valence-corrected chi connectivity index (χ3v) is 4.17. The van der Waals surface area contributed by atoms with Gasteiger partial charge in [-0.25, -0.2) is 9.97 Å². The topological polar surface area (TPSA) is 67.3 Å². The summed E-state index contributed by atoms with van der Waals surface area (Å²) in [6, 6.07) is 9.88. The predicted molar refractivity (Wildman–Crippen MR) is 92.1 cm³/mol. The zero-order valence-corrected chi connectivity index (χ0v) is 14.0. The van der Waals surface area contributed by atoms with E-state index >= 15 is 0 Å². The highest BCUT2D eigenvalue weighted by molar-refractivity contribution is 5.79. The fraction of sp³-hybridized carbons (Fsp3) is 0.389. The van der Waals surface area contributed by atoms with Crippen LogP contribution >= 0.6 is 0 Å². The van der Waals surface area contributed by atoms with Gasteiger partial charge in [-0.1, -0.05) is 12.1 Å². The summed E-state index contributed by atoms with van der Waals surface area (Å²) in [5, 5.41) is 3.25. The van der Waals surface area contributed by atoms with Gasteiger partial charge in [0.15, 0.2) is 0 Å². The second-order valence-electron chi connectivity index (χ2n) is 6.00. The molecule has 126 valence electrons. The average molecular weight is 326 g/mol. The number of methoxy groups -OCH3 is 1. The summed E-state index contributed by atoms with van der Waals surface area (Å²) in [6.45, 7) is 3.33. The lowest BCUT2D eigenvalue weighted by atomic mass is 10.1. The molecule has 2 aromatic rings. The Labute approximate surface area is 141 Å². The third-order valence-electron chi connectivity index (χ3n) is 4.17. The van der Waals surface area contributed by atoms with Crippen molar-refractivity contribution in [3.05, 3.63) is 47.8 Å². The number of likely N-dealkylation sites (tertiary alicyclic amines) is 1. The number of carbonyl (C=O) groups is 1. The first kappa shape index (κ1) is 16.2. The molecule has 0 spiro atoms. The van der Waals surface area contributed by atoms with Crippen molar-refractivity contribution in [3.63, 3.8) is 0 Å². The van der Waals surface area contributed by atoms with E-state index in [1.807, 2.05) is 42.2 Å². The summed E-state index contributed by atoms with van der Waals surface area (Å²) in [5.74, 6) is 1.61. The quantitative estimate of drug-likeness (QED) is 0.880. The van der Waals surface area contributed by atoms with E-state index < -0.39 is 0 Å². The number of aryl methyl sites for hydroxylation is 1. The molecule has 1 atom stereocenters. The van der Waals surface area contributed by atoms with Gasteiger partial charge >= 0.3 is 0 Å². The standard InChI is InChI=1S/C18H22N4O2/c1-13-7-9-19-18(20-13)21-15-11-17(23)22(12-15)10-8-14-3-5-16(24-2)6-4-14/h3-7,9,15H,8,10-12H2,1-2H3,(H,19,20,21). The van der Waals surface area contributed by atoms with Gasteiger partial charge < -0.3 is 15.0 Å². The van der Waals surface area contributed by atoms with E-state index in [-0.39, 0.29) is 11.9 Å². The second-order valence-corrected chi connectivity index (χ2v) is 6.00. The first-order valence-electron chi connectivity index (χ1n) is 8.11. The summed E-state index contributed by atoms with van der Waals surface area (Å²) in [7, 11) is 1.66. The van der Waals surface area contributed by atoms with E-state index in [0.717, 1.165) is 24.4 Å². The summed E-state index contributed by atoms with van der Waals surface area (Å²) in [6.07, 6.45) is 3.05. The number of hydrogen-bond donors (Lipinski definition) is 1. The van der Waals surface area contributed by atoms with Gasteiger partial charge in [0.05, 0.1) is 13.2 Å². The molecule has 2 heterocycles. The van der Waals surface area contributed by atoms with Crippen molar-refractivity contribution in [3.8, 4) is 5.75 Å². The van der Waals surface area contributed by atoms with E-state index in [9.17, 15) is 4.79 Å². The fourth-order valence-corrected chi connectivity index (χ4v) is 2.84. The Morgan fingerprint density at radius 2 is 2.08 bits per heavy atom. The van der Waals surface area contributed by atoms with Gasteiger partial charge in [0.25, 0.3) is 0 Å². The Morgan fingerprint density at radius 1 is 1.29 bits per heavy atom. The lowest BCUT2D eigenvalue weighted by Gasteiger charge is -2.17. The maximum absolute atomic E-state index is 12.2. The van der Waals surface area contributed by atoms with Crippen LogP contribution in [0.2, 0.25) is 0 Å². The van der Waals surface area contributed by atoms with Crippen molar-refractivity contribution in [2.45, 2.75) is 25.8 Å². The van der Waals surface area contributed by atoms with Crippen LogP contribution in [0.25, 0.3) is 0 Å². The maximum atomic E-state index is 12.2. The number of benzene rings is 1. The van der Waals surface area contributed by atoms with E-state index in [0.29, 0.717) is 18.9 Å². The Hall–Kier alpha value is -2.63. The number of aromatic nitrogens is 2. The van der Waals surface area contributed by atoms with Gasteiger partial charge in [0.1, 0.15) is 5.75 Å². The second kappa shape index (κ2) is 7.29. The predicted octanol–water partition coefficient (Wildman–Crippen LogP) is 2.05. The molecule has 1 aromatic heterocycles. The molecule has 0 bridgehead atoms. The molecule has 1 fully saturated rings. The third kappa shape index (κ3) is 4.01. The minimum atomic E-state index is 0.0650. The highest BCUT2D eigenvalue weighted by Gasteiger charge is 2.29. The highest BCUT2D eigenvalue weighted by Crippen LogP contribution is 2.17. The molecule has 1 aliphatic rings. The molecule has 1 unspecified atom stereocenters. The van der Waals surface area contributed by atoms with E-state index in [2.05, 4.69) is 15.3 Å². The van der Waals surface area contributed by atoms with Crippen LogP contribution in [0.5, 0.6) is 5.75 Å². The average Bonchev–Trinajstić information content (AvgIpc) is 2.93. The Kier molecular flexibility index (Phi) is 4.93. The molecule has 1 amide bonds. The van der Waals surface area contributed by atoms with Crippen LogP contribution in [0.4, 0.5) is 5.95 Å². The van der Waals surface area contributed by atoms with Gasteiger partial charge in [0, 0.05) is 31.4 Å².